The van der Waals surface area contributed by atoms with E-state index in [1.54, 1.807) is 6.33 Å². The molecule has 4 aromatic rings. The summed E-state index contributed by atoms with van der Waals surface area (Å²) >= 11 is 0. The number of fused-ring (bicyclic) bond motifs is 2. The minimum absolute atomic E-state index is 1.02. The second kappa shape index (κ2) is 4.17. The van der Waals surface area contributed by atoms with Gasteiger partial charge < -0.3 is 4.98 Å². The topological polar surface area (TPSA) is 41.6 Å². The van der Waals surface area contributed by atoms with Crippen LogP contribution in [0.5, 0.6) is 0 Å². The molecule has 2 heterocycles. The van der Waals surface area contributed by atoms with Crippen LogP contribution in [0.1, 0.15) is 5.56 Å². The van der Waals surface area contributed by atoms with E-state index in [1.807, 2.05) is 12.3 Å². The summed E-state index contributed by atoms with van der Waals surface area (Å²) in [6.45, 7) is 2.08. The van der Waals surface area contributed by atoms with E-state index >= 15 is 0 Å². The van der Waals surface area contributed by atoms with Crippen molar-refractivity contribution in [3.8, 4) is 11.3 Å². The number of aryl methyl sites for hydroxylation is 1. The van der Waals surface area contributed by atoms with E-state index in [4.69, 9.17) is 0 Å². The Morgan fingerprint density at radius 3 is 2.85 bits per heavy atom. The van der Waals surface area contributed by atoms with Crippen LogP contribution < -0.4 is 0 Å². The van der Waals surface area contributed by atoms with Crippen molar-refractivity contribution in [2.45, 2.75) is 6.92 Å². The summed E-state index contributed by atoms with van der Waals surface area (Å²) in [7, 11) is 0. The van der Waals surface area contributed by atoms with Crippen LogP contribution in [0.25, 0.3) is 33.1 Å². The molecule has 0 saturated carbocycles. The SMILES string of the molecule is Cc1cc(-c2nccc3ccccc23)cc2[nH]cnc12. The van der Waals surface area contributed by atoms with Crippen molar-refractivity contribution in [1.29, 1.82) is 0 Å². The molecule has 20 heavy (non-hydrogen) atoms. The highest BCUT2D eigenvalue weighted by atomic mass is 14.9. The number of benzene rings is 2. The molecule has 0 saturated heterocycles. The van der Waals surface area contributed by atoms with E-state index in [1.165, 1.54) is 10.8 Å². The Labute approximate surface area is 116 Å². The Bertz CT molecular complexity index is 916. The van der Waals surface area contributed by atoms with Crippen LogP contribution in [-0.4, -0.2) is 15.0 Å². The van der Waals surface area contributed by atoms with Gasteiger partial charge in [0.15, 0.2) is 0 Å². The van der Waals surface area contributed by atoms with Gasteiger partial charge in [0.25, 0.3) is 0 Å². The summed E-state index contributed by atoms with van der Waals surface area (Å²) in [5, 5.41) is 2.38. The average molecular weight is 259 g/mol. The highest BCUT2D eigenvalue weighted by Gasteiger charge is 2.08. The van der Waals surface area contributed by atoms with E-state index in [9.17, 15) is 0 Å². The van der Waals surface area contributed by atoms with Crippen molar-refractivity contribution in [2.75, 3.05) is 0 Å². The quantitative estimate of drug-likeness (QED) is 0.559. The van der Waals surface area contributed by atoms with Crippen LogP contribution in [0.2, 0.25) is 0 Å². The second-order valence-corrected chi connectivity index (χ2v) is 4.97. The van der Waals surface area contributed by atoms with Gasteiger partial charge in [-0.05, 0) is 36.1 Å². The van der Waals surface area contributed by atoms with Crippen molar-refractivity contribution in [3.63, 3.8) is 0 Å². The number of aromatic amines is 1. The summed E-state index contributed by atoms with van der Waals surface area (Å²) in [4.78, 5) is 12.1. The fourth-order valence-electron chi connectivity index (χ4n) is 2.71. The van der Waals surface area contributed by atoms with Gasteiger partial charge in [-0.2, -0.15) is 0 Å². The molecule has 2 aromatic heterocycles. The van der Waals surface area contributed by atoms with E-state index in [-0.39, 0.29) is 0 Å². The first-order chi connectivity index (χ1) is 9.83. The number of imidazole rings is 1. The lowest BCUT2D eigenvalue weighted by Gasteiger charge is -2.07. The Morgan fingerprint density at radius 1 is 1.00 bits per heavy atom. The lowest BCUT2D eigenvalue weighted by atomic mass is 10.0. The predicted octanol–water partition coefficient (Wildman–Crippen LogP) is 4.09. The molecule has 0 aliphatic rings. The summed E-state index contributed by atoms with van der Waals surface area (Å²) < 4.78 is 0. The number of pyridine rings is 1. The normalized spacial score (nSPS) is 11.2. The molecule has 96 valence electrons. The molecular weight excluding hydrogens is 246 g/mol. The fourth-order valence-corrected chi connectivity index (χ4v) is 2.71. The lowest BCUT2D eigenvalue weighted by molar-refractivity contribution is 1.34. The highest BCUT2D eigenvalue weighted by Crippen LogP contribution is 2.29. The van der Waals surface area contributed by atoms with E-state index in [0.717, 1.165) is 27.9 Å². The average Bonchev–Trinajstić information content (AvgIpc) is 2.95. The van der Waals surface area contributed by atoms with Crippen molar-refractivity contribution < 1.29 is 0 Å². The Kier molecular flexibility index (Phi) is 2.33. The monoisotopic (exact) mass is 259 g/mol. The summed E-state index contributed by atoms with van der Waals surface area (Å²) in [6.07, 6.45) is 3.60. The van der Waals surface area contributed by atoms with Gasteiger partial charge in [-0.3, -0.25) is 4.98 Å². The van der Waals surface area contributed by atoms with Gasteiger partial charge in [0.05, 0.1) is 23.1 Å². The largest absolute Gasteiger partial charge is 0.345 e. The summed E-state index contributed by atoms with van der Waals surface area (Å²) in [5.74, 6) is 0. The van der Waals surface area contributed by atoms with Gasteiger partial charge in [0, 0.05) is 17.1 Å². The molecule has 3 nitrogen and oxygen atoms in total. The Hall–Kier alpha value is -2.68. The van der Waals surface area contributed by atoms with Crippen molar-refractivity contribution in [3.05, 3.63) is 60.6 Å². The van der Waals surface area contributed by atoms with Gasteiger partial charge in [-0.25, -0.2) is 4.98 Å². The fraction of sp³-hybridized carbons (Fsp3) is 0.0588. The number of nitrogens with one attached hydrogen (secondary N) is 1. The molecule has 0 aliphatic heterocycles. The number of hydrogen-bond donors (Lipinski definition) is 1. The third-order valence-electron chi connectivity index (χ3n) is 3.66. The van der Waals surface area contributed by atoms with Gasteiger partial charge in [0.1, 0.15) is 0 Å². The van der Waals surface area contributed by atoms with Gasteiger partial charge in [0.2, 0.25) is 0 Å². The minimum Gasteiger partial charge on any atom is -0.345 e. The molecule has 0 radical (unpaired) electrons. The Morgan fingerprint density at radius 2 is 1.90 bits per heavy atom. The van der Waals surface area contributed by atoms with Gasteiger partial charge in [-0.1, -0.05) is 24.3 Å². The summed E-state index contributed by atoms with van der Waals surface area (Å²) in [6, 6.07) is 14.6. The molecule has 0 spiro atoms. The molecule has 2 aromatic carbocycles. The minimum atomic E-state index is 1.02. The number of hydrogen-bond acceptors (Lipinski definition) is 2. The molecule has 1 N–H and O–H groups in total. The van der Waals surface area contributed by atoms with E-state index in [2.05, 4.69) is 58.3 Å². The molecular formula is C17H13N3. The maximum absolute atomic E-state index is 4.58. The van der Waals surface area contributed by atoms with Gasteiger partial charge in [-0.15, -0.1) is 0 Å². The Balaban J connectivity index is 2.06. The maximum Gasteiger partial charge on any atom is 0.0931 e. The second-order valence-electron chi connectivity index (χ2n) is 4.97. The molecule has 4 rings (SSSR count). The van der Waals surface area contributed by atoms with Crippen molar-refractivity contribution in [1.82, 2.24) is 15.0 Å². The van der Waals surface area contributed by atoms with E-state index < -0.39 is 0 Å². The summed E-state index contributed by atoms with van der Waals surface area (Å²) in [5.41, 5.74) is 5.37. The smallest absolute Gasteiger partial charge is 0.0931 e. The zero-order chi connectivity index (χ0) is 13.5. The van der Waals surface area contributed by atoms with Crippen LogP contribution in [0.3, 0.4) is 0 Å². The van der Waals surface area contributed by atoms with Crippen molar-refractivity contribution >= 4 is 21.8 Å². The van der Waals surface area contributed by atoms with Crippen molar-refractivity contribution in [2.24, 2.45) is 0 Å². The molecule has 0 aliphatic carbocycles. The number of aromatic nitrogens is 3. The third kappa shape index (κ3) is 1.60. The zero-order valence-electron chi connectivity index (χ0n) is 11.1. The third-order valence-corrected chi connectivity index (χ3v) is 3.66. The molecule has 0 unspecified atom stereocenters. The number of rotatable bonds is 1. The lowest BCUT2D eigenvalue weighted by Crippen LogP contribution is -1.88. The zero-order valence-corrected chi connectivity index (χ0v) is 11.1. The molecule has 3 heteroatoms. The van der Waals surface area contributed by atoms with Gasteiger partial charge >= 0.3 is 0 Å². The van der Waals surface area contributed by atoms with Crippen LogP contribution in [0.15, 0.2) is 55.0 Å². The first kappa shape index (κ1) is 11.2. The van der Waals surface area contributed by atoms with E-state index in [0.29, 0.717) is 0 Å². The number of nitrogens with zero attached hydrogens (tertiary/aromatic N) is 2. The first-order valence-corrected chi connectivity index (χ1v) is 6.61. The maximum atomic E-state index is 4.58. The molecule has 0 amide bonds. The molecule has 0 bridgehead atoms. The molecule has 0 atom stereocenters. The van der Waals surface area contributed by atoms with Crippen LogP contribution >= 0.6 is 0 Å². The highest BCUT2D eigenvalue weighted by molar-refractivity contribution is 5.96. The molecule has 0 fully saturated rings. The van der Waals surface area contributed by atoms with Crippen LogP contribution in [0, 0.1) is 6.92 Å². The predicted molar refractivity (Wildman–Crippen MR) is 81.6 cm³/mol. The van der Waals surface area contributed by atoms with Crippen LogP contribution in [-0.2, 0) is 0 Å². The first-order valence-electron chi connectivity index (χ1n) is 6.61. The standard InChI is InChI=1S/C17H13N3/c1-11-8-13(9-15-16(11)20-10-19-15)17-14-5-3-2-4-12(14)6-7-18-17/h2-10H,1H3,(H,19,20). The van der Waals surface area contributed by atoms with Crippen LogP contribution in [0.4, 0.5) is 0 Å². The number of H-pyrrole nitrogens is 1.